The van der Waals surface area contributed by atoms with Crippen LogP contribution in [0.5, 0.6) is 0 Å². The van der Waals surface area contributed by atoms with E-state index in [9.17, 15) is 18.0 Å². The van der Waals surface area contributed by atoms with E-state index in [1.54, 1.807) is 17.9 Å². The van der Waals surface area contributed by atoms with Gasteiger partial charge in [-0.3, -0.25) is 13.9 Å². The number of anilines is 1. The molecule has 0 saturated carbocycles. The highest BCUT2D eigenvalue weighted by molar-refractivity contribution is 7.92. The number of nitrogens with one attached hydrogen (secondary N) is 1. The Labute approximate surface area is 216 Å². The smallest absolute Gasteiger partial charge is 0.242 e. The van der Waals surface area contributed by atoms with Gasteiger partial charge in [-0.2, -0.15) is 0 Å². The number of rotatable bonds is 12. The number of benzene rings is 2. The highest BCUT2D eigenvalue weighted by atomic mass is 32.2. The van der Waals surface area contributed by atoms with Crippen LogP contribution in [0.15, 0.2) is 42.5 Å². The topological polar surface area (TPSA) is 86.8 Å². The molecule has 0 saturated heterocycles. The lowest BCUT2D eigenvalue weighted by atomic mass is 10.1. The minimum absolute atomic E-state index is 0.130. The molecule has 7 nitrogen and oxygen atoms in total. The fourth-order valence-corrected chi connectivity index (χ4v) is 4.93. The molecule has 0 spiro atoms. The van der Waals surface area contributed by atoms with Gasteiger partial charge in [-0.15, -0.1) is 0 Å². The van der Waals surface area contributed by atoms with Crippen molar-refractivity contribution in [2.75, 3.05) is 23.7 Å². The van der Waals surface area contributed by atoms with Crippen LogP contribution in [0.4, 0.5) is 5.69 Å². The van der Waals surface area contributed by atoms with E-state index in [1.807, 2.05) is 71.0 Å². The van der Waals surface area contributed by atoms with Gasteiger partial charge in [0.1, 0.15) is 6.04 Å². The Morgan fingerprint density at radius 2 is 1.61 bits per heavy atom. The summed E-state index contributed by atoms with van der Waals surface area (Å²) in [5.41, 5.74) is 4.58. The summed E-state index contributed by atoms with van der Waals surface area (Å²) in [6.07, 6.45) is 1.65. The molecule has 0 heterocycles. The Morgan fingerprint density at radius 3 is 2.19 bits per heavy atom. The molecule has 1 atom stereocenters. The van der Waals surface area contributed by atoms with Crippen molar-refractivity contribution in [3.63, 3.8) is 0 Å². The number of aryl methyl sites for hydroxylation is 2. The molecule has 0 aromatic heterocycles. The number of sulfonamides is 1. The molecule has 2 aromatic carbocycles. The summed E-state index contributed by atoms with van der Waals surface area (Å²) in [7, 11) is -3.53. The molecule has 8 heteroatoms. The van der Waals surface area contributed by atoms with Crippen LogP contribution in [-0.2, 0) is 26.2 Å². The number of carbonyl (C=O) groups is 2. The van der Waals surface area contributed by atoms with E-state index in [4.69, 9.17) is 0 Å². The Morgan fingerprint density at radius 1 is 0.972 bits per heavy atom. The summed E-state index contributed by atoms with van der Waals surface area (Å²) in [5.74, 6) is -0.0797. The zero-order valence-corrected chi connectivity index (χ0v) is 23.5. The lowest BCUT2D eigenvalue weighted by Crippen LogP contribution is -2.48. The van der Waals surface area contributed by atoms with Crippen molar-refractivity contribution in [1.29, 1.82) is 0 Å². The van der Waals surface area contributed by atoms with Gasteiger partial charge in [0.25, 0.3) is 0 Å². The van der Waals surface area contributed by atoms with Crippen molar-refractivity contribution in [2.45, 2.75) is 67.0 Å². The monoisotopic (exact) mass is 515 g/mol. The summed E-state index contributed by atoms with van der Waals surface area (Å²) in [4.78, 5) is 27.8. The van der Waals surface area contributed by atoms with Crippen LogP contribution in [0, 0.1) is 26.7 Å². The third kappa shape index (κ3) is 8.36. The summed E-state index contributed by atoms with van der Waals surface area (Å²) in [6.45, 7) is 12.6. The Balaban J connectivity index is 2.19. The summed E-state index contributed by atoms with van der Waals surface area (Å²) >= 11 is 0. The maximum absolute atomic E-state index is 13.4. The normalized spacial score (nSPS) is 12.3. The number of amides is 2. The van der Waals surface area contributed by atoms with Crippen LogP contribution in [0.1, 0.15) is 55.9 Å². The molecule has 36 heavy (non-hydrogen) atoms. The van der Waals surface area contributed by atoms with Gasteiger partial charge in [0, 0.05) is 26.1 Å². The Hall–Kier alpha value is -2.87. The van der Waals surface area contributed by atoms with Crippen molar-refractivity contribution in [2.24, 2.45) is 5.92 Å². The summed E-state index contributed by atoms with van der Waals surface area (Å²) in [5, 5.41) is 2.92. The molecule has 0 bridgehead atoms. The number of nitrogens with zero attached hydrogens (tertiary/aromatic N) is 2. The largest absolute Gasteiger partial charge is 0.354 e. The average Bonchev–Trinajstić information content (AvgIpc) is 2.80. The zero-order chi connectivity index (χ0) is 27.0. The molecule has 1 N–H and O–H groups in total. The SMILES string of the molecule is Cc1ccc(CN(C(=O)CCCN(c2cccc(C)c2C)S(C)(=O)=O)[C@H](C)C(=O)NCC(C)C)cc1. The predicted octanol–water partition coefficient (Wildman–Crippen LogP) is 4.35. The van der Waals surface area contributed by atoms with Crippen LogP contribution in [0.3, 0.4) is 0 Å². The van der Waals surface area contributed by atoms with Crippen LogP contribution in [0.25, 0.3) is 0 Å². The maximum Gasteiger partial charge on any atom is 0.242 e. The molecule has 2 rings (SSSR count). The average molecular weight is 516 g/mol. The van der Waals surface area contributed by atoms with Crippen LogP contribution in [-0.4, -0.2) is 50.5 Å². The minimum Gasteiger partial charge on any atom is -0.354 e. The van der Waals surface area contributed by atoms with Gasteiger partial charge < -0.3 is 10.2 Å². The van der Waals surface area contributed by atoms with Crippen molar-refractivity contribution < 1.29 is 18.0 Å². The van der Waals surface area contributed by atoms with Gasteiger partial charge in [0.2, 0.25) is 21.8 Å². The standard InChI is InChI=1S/C28H41N3O4S/c1-20(2)18-29-28(33)24(6)30(19-25-15-13-21(3)14-16-25)27(32)12-9-17-31(36(7,34)35)26-11-8-10-22(4)23(26)5/h8,10-11,13-16,20,24H,9,12,17-19H2,1-7H3,(H,29,33)/t24-/m1/s1. The van der Waals surface area contributed by atoms with Gasteiger partial charge in [-0.1, -0.05) is 55.8 Å². The highest BCUT2D eigenvalue weighted by Gasteiger charge is 2.27. The van der Waals surface area contributed by atoms with E-state index < -0.39 is 16.1 Å². The fourth-order valence-electron chi connectivity index (χ4n) is 3.91. The fraction of sp³-hybridized carbons (Fsp3) is 0.500. The number of carbonyl (C=O) groups excluding carboxylic acids is 2. The zero-order valence-electron chi connectivity index (χ0n) is 22.7. The van der Waals surface area contributed by atoms with Gasteiger partial charge in [-0.25, -0.2) is 8.42 Å². The summed E-state index contributed by atoms with van der Waals surface area (Å²) < 4.78 is 26.5. The number of hydrogen-bond acceptors (Lipinski definition) is 4. The Kier molecular flexibility index (Phi) is 10.5. The van der Waals surface area contributed by atoms with Crippen LogP contribution in [0.2, 0.25) is 0 Å². The van der Waals surface area contributed by atoms with Crippen molar-refractivity contribution >= 4 is 27.5 Å². The molecule has 2 amide bonds. The highest BCUT2D eigenvalue weighted by Crippen LogP contribution is 2.25. The van der Waals surface area contributed by atoms with E-state index in [0.29, 0.717) is 31.1 Å². The molecule has 0 radical (unpaired) electrons. The first-order chi connectivity index (χ1) is 16.8. The van der Waals surface area contributed by atoms with Crippen molar-refractivity contribution in [3.05, 3.63) is 64.7 Å². The van der Waals surface area contributed by atoms with E-state index in [0.717, 1.165) is 22.3 Å². The lowest BCUT2D eigenvalue weighted by molar-refractivity contribution is -0.140. The third-order valence-electron chi connectivity index (χ3n) is 6.32. The quantitative estimate of drug-likeness (QED) is 0.455. The van der Waals surface area contributed by atoms with Crippen molar-refractivity contribution in [3.8, 4) is 0 Å². The molecule has 0 aliphatic rings. The molecule has 0 aliphatic carbocycles. The Bertz CT molecular complexity index is 1140. The molecule has 2 aromatic rings. The lowest BCUT2D eigenvalue weighted by Gasteiger charge is -2.30. The second kappa shape index (κ2) is 12.9. The maximum atomic E-state index is 13.4. The van der Waals surface area contributed by atoms with E-state index in [2.05, 4.69) is 5.32 Å². The van der Waals surface area contributed by atoms with E-state index in [1.165, 1.54) is 10.6 Å². The van der Waals surface area contributed by atoms with Crippen LogP contribution < -0.4 is 9.62 Å². The molecular weight excluding hydrogens is 474 g/mol. The van der Waals surface area contributed by atoms with Gasteiger partial charge in [0.05, 0.1) is 11.9 Å². The third-order valence-corrected chi connectivity index (χ3v) is 7.50. The van der Waals surface area contributed by atoms with E-state index in [-0.39, 0.29) is 24.8 Å². The molecule has 0 aliphatic heterocycles. The molecule has 198 valence electrons. The molecule has 0 unspecified atom stereocenters. The van der Waals surface area contributed by atoms with E-state index >= 15 is 0 Å². The van der Waals surface area contributed by atoms with Gasteiger partial charge in [-0.05, 0) is 62.8 Å². The summed E-state index contributed by atoms with van der Waals surface area (Å²) in [6, 6.07) is 12.8. The first-order valence-corrected chi connectivity index (χ1v) is 14.3. The van der Waals surface area contributed by atoms with Gasteiger partial charge >= 0.3 is 0 Å². The van der Waals surface area contributed by atoms with Crippen molar-refractivity contribution in [1.82, 2.24) is 10.2 Å². The predicted molar refractivity (Wildman–Crippen MR) is 146 cm³/mol. The van der Waals surface area contributed by atoms with Gasteiger partial charge in [0.15, 0.2) is 0 Å². The first kappa shape index (κ1) is 29.4. The van der Waals surface area contributed by atoms with Crippen LogP contribution >= 0.6 is 0 Å². The second-order valence-corrected chi connectivity index (χ2v) is 11.9. The molecular formula is C28H41N3O4S. The first-order valence-electron chi connectivity index (χ1n) is 12.5. The molecule has 0 fully saturated rings. The second-order valence-electron chi connectivity index (χ2n) is 9.98. The minimum atomic E-state index is -3.53. The number of hydrogen-bond donors (Lipinski definition) is 1.